The Bertz CT molecular complexity index is 1420. The first kappa shape index (κ1) is 24.0. The minimum atomic E-state index is -0.249. The van der Waals surface area contributed by atoms with Crippen molar-refractivity contribution in [3.05, 3.63) is 86.8 Å². The molecule has 0 aliphatic carbocycles. The summed E-state index contributed by atoms with van der Waals surface area (Å²) in [6, 6.07) is 13.7. The Morgan fingerprint density at radius 2 is 1.86 bits per heavy atom. The maximum absolute atomic E-state index is 14.2. The molecule has 7 nitrogen and oxygen atoms in total. The monoisotopic (exact) mass is 566 g/mol. The van der Waals surface area contributed by atoms with Gasteiger partial charge in [0, 0.05) is 48.3 Å². The Balaban J connectivity index is 1.23. The Hall–Kier alpha value is -3.40. The van der Waals surface area contributed by atoms with Crippen LogP contribution in [0.2, 0.25) is 0 Å². The summed E-state index contributed by atoms with van der Waals surface area (Å²) in [5.41, 5.74) is 3.16. The Morgan fingerprint density at radius 1 is 1.05 bits per heavy atom. The molecule has 0 spiro atoms. The number of benzene rings is 3. The minimum Gasteiger partial charge on any atom is -0.507 e. The molecule has 6 rings (SSSR count). The Labute approximate surface area is 221 Å². The van der Waals surface area contributed by atoms with Crippen molar-refractivity contribution in [1.29, 1.82) is 0 Å². The highest BCUT2D eigenvalue weighted by Gasteiger charge is 2.33. The number of fused-ring (bicyclic) bond motifs is 2. The van der Waals surface area contributed by atoms with Gasteiger partial charge in [0.05, 0.1) is 23.4 Å². The van der Waals surface area contributed by atoms with Crippen LogP contribution in [0.15, 0.2) is 58.8 Å². The van der Waals surface area contributed by atoms with E-state index in [-0.39, 0.29) is 29.9 Å². The van der Waals surface area contributed by atoms with Crippen molar-refractivity contribution in [3.63, 3.8) is 0 Å². The molecule has 1 saturated heterocycles. The highest BCUT2D eigenvalue weighted by atomic mass is 79.9. The van der Waals surface area contributed by atoms with Crippen molar-refractivity contribution in [2.75, 3.05) is 37.9 Å². The van der Waals surface area contributed by atoms with Gasteiger partial charge in [-0.15, -0.1) is 0 Å². The lowest BCUT2D eigenvalue weighted by Gasteiger charge is -2.36. The van der Waals surface area contributed by atoms with Crippen LogP contribution in [0.25, 0.3) is 6.08 Å². The second kappa shape index (κ2) is 9.81. The highest BCUT2D eigenvalue weighted by molar-refractivity contribution is 9.10. The number of piperazine rings is 1. The summed E-state index contributed by atoms with van der Waals surface area (Å²) >= 11 is 3.50. The standard InChI is InChI=1S/C28H24BrFN2O5/c29-19-11-17(27-18(12-19)15-35-16-36-27)13-25-26(34)20-5-6-24(33)21(28(20)37-25)14-31-7-9-32(10-8-31)23-4-2-1-3-22(23)30/h1-6,11-13,33H,7-10,14-16H2/b25-13-. The van der Waals surface area contributed by atoms with Gasteiger partial charge in [0.2, 0.25) is 5.78 Å². The molecular weight excluding hydrogens is 543 g/mol. The molecule has 0 aromatic heterocycles. The fourth-order valence-electron chi connectivity index (χ4n) is 4.99. The van der Waals surface area contributed by atoms with Crippen molar-refractivity contribution >= 4 is 33.5 Å². The van der Waals surface area contributed by atoms with E-state index in [9.17, 15) is 14.3 Å². The molecule has 3 heterocycles. The van der Waals surface area contributed by atoms with E-state index in [4.69, 9.17) is 14.2 Å². The Morgan fingerprint density at radius 3 is 2.68 bits per heavy atom. The normalized spacial score (nSPS) is 18.4. The molecule has 3 aromatic carbocycles. The first-order valence-electron chi connectivity index (χ1n) is 12.0. The fraction of sp³-hybridized carbons (Fsp3) is 0.250. The third kappa shape index (κ3) is 4.58. The molecule has 0 amide bonds. The Kier molecular flexibility index (Phi) is 6.36. The fourth-order valence-corrected chi connectivity index (χ4v) is 5.51. The predicted octanol–water partition coefficient (Wildman–Crippen LogP) is 5.10. The summed E-state index contributed by atoms with van der Waals surface area (Å²) in [6.07, 6.45) is 1.67. The number of nitrogens with zero attached hydrogens (tertiary/aromatic N) is 2. The van der Waals surface area contributed by atoms with Crippen molar-refractivity contribution in [2.45, 2.75) is 13.2 Å². The lowest BCUT2D eigenvalue weighted by Crippen LogP contribution is -2.46. The first-order valence-corrected chi connectivity index (χ1v) is 12.8. The van der Waals surface area contributed by atoms with Gasteiger partial charge < -0.3 is 24.2 Å². The second-order valence-corrected chi connectivity index (χ2v) is 10.1. The number of halogens is 2. The number of phenols is 1. The maximum Gasteiger partial charge on any atom is 0.231 e. The van der Waals surface area contributed by atoms with E-state index >= 15 is 0 Å². The molecule has 190 valence electrons. The number of ether oxygens (including phenoxy) is 3. The molecule has 0 radical (unpaired) electrons. The van der Waals surface area contributed by atoms with E-state index in [1.54, 1.807) is 24.3 Å². The number of ketones is 1. The zero-order chi connectivity index (χ0) is 25.5. The number of para-hydroxylation sites is 1. The number of aromatic hydroxyl groups is 1. The van der Waals surface area contributed by atoms with Gasteiger partial charge in [0.15, 0.2) is 12.6 Å². The van der Waals surface area contributed by atoms with E-state index in [1.807, 2.05) is 23.1 Å². The van der Waals surface area contributed by atoms with E-state index in [0.29, 0.717) is 73.2 Å². The highest BCUT2D eigenvalue weighted by Crippen LogP contribution is 2.41. The number of rotatable bonds is 4. The number of Topliss-reactive ketones (excluding diaryl/α,β-unsaturated/α-hetero) is 1. The zero-order valence-corrected chi connectivity index (χ0v) is 21.5. The van der Waals surface area contributed by atoms with Gasteiger partial charge in [0.1, 0.15) is 23.1 Å². The van der Waals surface area contributed by atoms with Gasteiger partial charge in [0.25, 0.3) is 0 Å². The molecule has 9 heteroatoms. The number of carbonyl (C=O) groups is 1. The van der Waals surface area contributed by atoms with E-state index < -0.39 is 0 Å². The molecule has 0 bridgehead atoms. The number of anilines is 1. The summed E-state index contributed by atoms with van der Waals surface area (Å²) in [5.74, 6) is 0.795. The molecule has 3 aliphatic rings. The molecule has 0 unspecified atom stereocenters. The van der Waals surface area contributed by atoms with Crippen molar-refractivity contribution in [2.24, 2.45) is 0 Å². The minimum absolute atomic E-state index is 0.0738. The van der Waals surface area contributed by atoms with E-state index in [2.05, 4.69) is 20.8 Å². The average Bonchev–Trinajstić information content (AvgIpc) is 3.21. The molecule has 0 saturated carbocycles. The molecule has 3 aromatic rings. The smallest absolute Gasteiger partial charge is 0.231 e. The molecule has 37 heavy (non-hydrogen) atoms. The third-order valence-corrected chi connectivity index (χ3v) is 7.31. The van der Waals surface area contributed by atoms with Gasteiger partial charge in [-0.2, -0.15) is 0 Å². The molecular formula is C28H24BrFN2O5. The molecule has 1 N–H and O–H groups in total. The van der Waals surface area contributed by atoms with Crippen molar-refractivity contribution in [3.8, 4) is 17.2 Å². The van der Waals surface area contributed by atoms with E-state index in [0.717, 1.165) is 10.0 Å². The molecule has 0 atom stereocenters. The number of hydrogen-bond acceptors (Lipinski definition) is 7. The van der Waals surface area contributed by atoms with Crippen molar-refractivity contribution in [1.82, 2.24) is 4.90 Å². The van der Waals surface area contributed by atoms with Crippen LogP contribution in [-0.4, -0.2) is 48.8 Å². The SMILES string of the molecule is O=C1/C(=C/c2cc(Br)cc3c2OCOC3)Oc2c1ccc(O)c2CN1CCN(c2ccccc2F)CC1. The van der Waals surface area contributed by atoms with Gasteiger partial charge in [-0.25, -0.2) is 4.39 Å². The summed E-state index contributed by atoms with van der Waals surface area (Å²) in [6.45, 7) is 3.63. The zero-order valence-electron chi connectivity index (χ0n) is 19.9. The number of phenolic OH excluding ortho intramolecular Hbond substituents is 1. The maximum atomic E-state index is 14.2. The van der Waals surface area contributed by atoms with Gasteiger partial charge in [-0.05, 0) is 42.5 Å². The van der Waals surface area contributed by atoms with Crippen LogP contribution in [0.4, 0.5) is 10.1 Å². The largest absolute Gasteiger partial charge is 0.507 e. The third-order valence-electron chi connectivity index (χ3n) is 6.85. The molecule has 3 aliphatic heterocycles. The van der Waals surface area contributed by atoms with Crippen LogP contribution in [0.5, 0.6) is 17.2 Å². The van der Waals surface area contributed by atoms with Crippen molar-refractivity contribution < 1.29 is 28.5 Å². The van der Waals surface area contributed by atoms with Crippen LogP contribution in [0, 0.1) is 5.82 Å². The average molecular weight is 567 g/mol. The summed E-state index contributed by atoms with van der Waals surface area (Å²) < 4.78 is 32.2. The number of allylic oxidation sites excluding steroid dienone is 1. The lowest BCUT2D eigenvalue weighted by molar-refractivity contribution is -0.0165. The first-order chi connectivity index (χ1) is 18.0. The van der Waals surface area contributed by atoms with Crippen LogP contribution in [-0.2, 0) is 17.9 Å². The summed E-state index contributed by atoms with van der Waals surface area (Å²) in [4.78, 5) is 17.4. The van der Waals surface area contributed by atoms with Crippen LogP contribution >= 0.6 is 15.9 Å². The number of carbonyl (C=O) groups excluding carboxylic acids is 1. The molecule has 1 fully saturated rings. The van der Waals surface area contributed by atoms with Crippen LogP contribution < -0.4 is 14.4 Å². The quantitative estimate of drug-likeness (QED) is 0.440. The lowest BCUT2D eigenvalue weighted by atomic mass is 10.0. The van der Waals surface area contributed by atoms with Gasteiger partial charge in [-0.3, -0.25) is 9.69 Å². The van der Waals surface area contributed by atoms with Gasteiger partial charge in [-0.1, -0.05) is 28.1 Å². The topological polar surface area (TPSA) is 71.5 Å². The van der Waals surface area contributed by atoms with Crippen LogP contribution in [0.3, 0.4) is 0 Å². The van der Waals surface area contributed by atoms with Gasteiger partial charge >= 0.3 is 0 Å². The van der Waals surface area contributed by atoms with Crippen LogP contribution in [0.1, 0.15) is 27.0 Å². The predicted molar refractivity (Wildman–Crippen MR) is 139 cm³/mol. The summed E-state index contributed by atoms with van der Waals surface area (Å²) in [5, 5.41) is 10.7. The number of hydrogen-bond donors (Lipinski definition) is 1. The summed E-state index contributed by atoms with van der Waals surface area (Å²) in [7, 11) is 0. The second-order valence-electron chi connectivity index (χ2n) is 9.19. The van der Waals surface area contributed by atoms with E-state index in [1.165, 1.54) is 12.1 Å².